The lowest BCUT2D eigenvalue weighted by molar-refractivity contribution is -0.128. The molecule has 1 amide bonds. The van der Waals surface area contributed by atoms with E-state index >= 15 is 0 Å². The first-order chi connectivity index (χ1) is 11.8. The average molecular weight is 330 g/mol. The first kappa shape index (κ1) is 16.4. The summed E-state index contributed by atoms with van der Waals surface area (Å²) in [6.07, 6.45) is 3.44. The van der Waals surface area contributed by atoms with Crippen LogP contribution in [0.25, 0.3) is 0 Å². The number of fused-ring (bicyclic) bond motifs is 1. The van der Waals surface area contributed by atoms with Gasteiger partial charge in [-0.2, -0.15) is 0 Å². The molecular weight excluding hydrogens is 308 g/mol. The first-order valence-corrected chi connectivity index (χ1v) is 8.16. The van der Waals surface area contributed by atoms with Crippen molar-refractivity contribution >= 4 is 5.91 Å². The number of carbonyl (C=O) groups excluding carboxylic acids is 1. The smallest absolute Gasteiger partial charge is 0.261 e. The maximum absolute atomic E-state index is 12.3. The fourth-order valence-corrected chi connectivity index (χ4v) is 2.77. The third-order valence-corrected chi connectivity index (χ3v) is 4.09. The van der Waals surface area contributed by atoms with Gasteiger partial charge in [0.25, 0.3) is 5.91 Å². The van der Waals surface area contributed by atoms with Crippen LogP contribution in [0, 0.1) is 0 Å². The van der Waals surface area contributed by atoms with Crippen LogP contribution in [0.15, 0.2) is 30.6 Å². The molecule has 0 bridgehead atoms. The summed E-state index contributed by atoms with van der Waals surface area (Å²) < 4.78 is 12.8. The molecule has 2 aromatic rings. The van der Waals surface area contributed by atoms with E-state index in [0.29, 0.717) is 32.5 Å². The molecule has 2 heterocycles. The van der Waals surface area contributed by atoms with Crippen molar-refractivity contribution in [1.82, 2.24) is 20.1 Å². The lowest BCUT2D eigenvalue weighted by Crippen LogP contribution is -2.41. The van der Waals surface area contributed by atoms with Crippen LogP contribution in [0.1, 0.15) is 17.8 Å². The van der Waals surface area contributed by atoms with E-state index in [4.69, 9.17) is 9.47 Å². The zero-order chi connectivity index (χ0) is 16.8. The Morgan fingerprint density at radius 1 is 1.46 bits per heavy atom. The van der Waals surface area contributed by atoms with Gasteiger partial charge in [-0.15, -0.1) is 10.2 Å². The van der Waals surface area contributed by atoms with Crippen molar-refractivity contribution in [2.24, 2.45) is 0 Å². The molecule has 7 heteroatoms. The number of nitrogens with one attached hydrogen (secondary N) is 1. The van der Waals surface area contributed by atoms with Crippen molar-refractivity contribution in [3.05, 3.63) is 42.0 Å². The van der Waals surface area contributed by atoms with Crippen LogP contribution in [-0.4, -0.2) is 47.0 Å². The molecule has 1 aromatic heterocycles. The van der Waals surface area contributed by atoms with Gasteiger partial charge in [0.15, 0.2) is 6.10 Å². The Hall–Kier alpha value is -2.41. The zero-order valence-corrected chi connectivity index (χ0v) is 13.8. The van der Waals surface area contributed by atoms with E-state index in [1.807, 2.05) is 28.8 Å². The number of rotatable bonds is 7. The summed E-state index contributed by atoms with van der Waals surface area (Å²) >= 11 is 0. The number of aryl methyl sites for hydroxylation is 1. The van der Waals surface area contributed by atoms with Crippen LogP contribution >= 0.6 is 0 Å². The number of ether oxygens (including phenoxy) is 2. The standard InChI is InChI=1S/C17H22N4O3/c1-23-11-10-21-12-19-20-16(21)8-9-18-17(22)15-7-6-13-4-2-3-5-14(13)24-15/h2-5,12,15H,6-11H2,1H3,(H,18,22)/t15-/m0/s1. The minimum absolute atomic E-state index is 0.0764. The van der Waals surface area contributed by atoms with Crippen molar-refractivity contribution < 1.29 is 14.3 Å². The van der Waals surface area contributed by atoms with Crippen LogP contribution in [0.3, 0.4) is 0 Å². The Labute approximate surface area is 141 Å². The normalized spacial score (nSPS) is 16.3. The summed E-state index contributed by atoms with van der Waals surface area (Å²) in [5.74, 6) is 1.57. The summed E-state index contributed by atoms with van der Waals surface area (Å²) in [5.41, 5.74) is 1.16. The van der Waals surface area contributed by atoms with E-state index < -0.39 is 6.10 Å². The quantitative estimate of drug-likeness (QED) is 0.819. The van der Waals surface area contributed by atoms with Crippen LogP contribution in [0.4, 0.5) is 0 Å². The molecule has 1 N–H and O–H groups in total. The number of hydrogen-bond donors (Lipinski definition) is 1. The second kappa shape index (κ2) is 7.92. The number of amides is 1. The van der Waals surface area contributed by atoms with Gasteiger partial charge in [-0.25, -0.2) is 0 Å². The lowest BCUT2D eigenvalue weighted by atomic mass is 10.0. The molecule has 0 saturated carbocycles. The second-order valence-electron chi connectivity index (χ2n) is 5.73. The van der Waals surface area contributed by atoms with E-state index in [2.05, 4.69) is 15.5 Å². The fourth-order valence-electron chi connectivity index (χ4n) is 2.77. The summed E-state index contributed by atoms with van der Waals surface area (Å²) in [6, 6.07) is 7.86. The molecule has 0 saturated heterocycles. The highest BCUT2D eigenvalue weighted by Gasteiger charge is 2.25. The van der Waals surface area contributed by atoms with E-state index in [9.17, 15) is 4.79 Å². The van der Waals surface area contributed by atoms with Crippen molar-refractivity contribution in [3.8, 4) is 5.75 Å². The van der Waals surface area contributed by atoms with Gasteiger partial charge in [0.1, 0.15) is 17.9 Å². The minimum atomic E-state index is -0.425. The average Bonchev–Trinajstić information content (AvgIpc) is 3.06. The predicted molar refractivity (Wildman–Crippen MR) is 87.8 cm³/mol. The topological polar surface area (TPSA) is 78.3 Å². The third-order valence-electron chi connectivity index (χ3n) is 4.09. The number of aromatic nitrogens is 3. The molecule has 7 nitrogen and oxygen atoms in total. The van der Waals surface area contributed by atoms with Gasteiger partial charge < -0.3 is 19.4 Å². The zero-order valence-electron chi connectivity index (χ0n) is 13.8. The number of benzene rings is 1. The highest BCUT2D eigenvalue weighted by molar-refractivity contribution is 5.81. The van der Waals surface area contributed by atoms with Gasteiger partial charge in [-0.3, -0.25) is 4.79 Å². The van der Waals surface area contributed by atoms with Gasteiger partial charge in [0, 0.05) is 26.6 Å². The summed E-state index contributed by atoms with van der Waals surface area (Å²) in [7, 11) is 1.66. The highest BCUT2D eigenvalue weighted by Crippen LogP contribution is 2.26. The van der Waals surface area contributed by atoms with Gasteiger partial charge in [-0.05, 0) is 24.5 Å². The van der Waals surface area contributed by atoms with E-state index in [-0.39, 0.29) is 5.91 Å². The van der Waals surface area contributed by atoms with E-state index in [1.54, 1.807) is 13.4 Å². The van der Waals surface area contributed by atoms with Gasteiger partial charge >= 0.3 is 0 Å². The van der Waals surface area contributed by atoms with Crippen LogP contribution < -0.4 is 10.1 Å². The molecular formula is C17H22N4O3. The molecule has 1 atom stereocenters. The lowest BCUT2D eigenvalue weighted by Gasteiger charge is -2.25. The van der Waals surface area contributed by atoms with Crippen molar-refractivity contribution in [2.75, 3.05) is 20.3 Å². The number of carbonyl (C=O) groups is 1. The molecule has 1 aliphatic heterocycles. The molecule has 0 spiro atoms. The molecule has 1 aromatic carbocycles. The van der Waals surface area contributed by atoms with Crippen molar-refractivity contribution in [3.63, 3.8) is 0 Å². The maximum atomic E-state index is 12.3. The molecule has 0 fully saturated rings. The Kier molecular flexibility index (Phi) is 5.43. The SMILES string of the molecule is COCCn1cnnc1CCNC(=O)[C@@H]1CCc2ccccc2O1. The van der Waals surface area contributed by atoms with Crippen molar-refractivity contribution in [1.29, 1.82) is 0 Å². The Morgan fingerprint density at radius 3 is 3.21 bits per heavy atom. The van der Waals surface area contributed by atoms with Gasteiger partial charge in [0.2, 0.25) is 0 Å². The first-order valence-electron chi connectivity index (χ1n) is 8.16. The summed E-state index contributed by atoms with van der Waals surface area (Å²) in [6.45, 7) is 1.81. The number of methoxy groups -OCH3 is 1. The van der Waals surface area contributed by atoms with Gasteiger partial charge in [-0.1, -0.05) is 18.2 Å². The van der Waals surface area contributed by atoms with Crippen LogP contribution in [-0.2, 0) is 28.9 Å². The molecule has 128 valence electrons. The van der Waals surface area contributed by atoms with Crippen LogP contribution in [0.5, 0.6) is 5.75 Å². The predicted octanol–water partition coefficient (Wildman–Crippen LogP) is 0.977. The number of para-hydroxylation sites is 1. The molecule has 1 aliphatic rings. The number of hydrogen-bond acceptors (Lipinski definition) is 5. The van der Waals surface area contributed by atoms with Crippen LogP contribution in [0.2, 0.25) is 0 Å². The molecule has 0 aliphatic carbocycles. The maximum Gasteiger partial charge on any atom is 0.261 e. The fraction of sp³-hybridized carbons (Fsp3) is 0.471. The number of nitrogens with zero attached hydrogens (tertiary/aromatic N) is 3. The third kappa shape index (κ3) is 3.91. The summed E-state index contributed by atoms with van der Waals surface area (Å²) in [5, 5.41) is 10.9. The molecule has 0 unspecified atom stereocenters. The Balaban J connectivity index is 1.47. The monoisotopic (exact) mass is 330 g/mol. The van der Waals surface area contributed by atoms with E-state index in [1.165, 1.54) is 0 Å². The minimum Gasteiger partial charge on any atom is -0.480 e. The van der Waals surface area contributed by atoms with Gasteiger partial charge in [0.05, 0.1) is 6.61 Å². The van der Waals surface area contributed by atoms with E-state index in [0.717, 1.165) is 23.6 Å². The highest BCUT2D eigenvalue weighted by atomic mass is 16.5. The summed E-state index contributed by atoms with van der Waals surface area (Å²) in [4.78, 5) is 12.3. The Morgan fingerprint density at radius 2 is 2.33 bits per heavy atom. The largest absolute Gasteiger partial charge is 0.480 e. The van der Waals surface area contributed by atoms with Crippen molar-refractivity contribution in [2.45, 2.75) is 31.9 Å². The molecule has 3 rings (SSSR count). The second-order valence-corrected chi connectivity index (χ2v) is 5.73. The molecule has 24 heavy (non-hydrogen) atoms. The Bertz CT molecular complexity index is 686. The molecule has 0 radical (unpaired) electrons.